The summed E-state index contributed by atoms with van der Waals surface area (Å²) >= 11 is 1.33. The molecular weight excluding hydrogens is 416 g/mol. The molecule has 1 heterocycles. The zero-order valence-corrected chi connectivity index (χ0v) is 19.3. The van der Waals surface area contributed by atoms with Crippen molar-refractivity contribution in [2.75, 3.05) is 20.6 Å². The van der Waals surface area contributed by atoms with Crippen LogP contribution in [0.1, 0.15) is 44.2 Å². The zero-order valence-electron chi connectivity index (χ0n) is 18.4. The molecule has 2 atom stereocenters. The lowest BCUT2D eigenvalue weighted by Crippen LogP contribution is -2.44. The second-order valence-corrected chi connectivity index (χ2v) is 9.41. The topological polar surface area (TPSA) is 35.9 Å². The van der Waals surface area contributed by atoms with Gasteiger partial charge in [-0.25, -0.2) is 13.8 Å². The Bertz CT molecular complexity index is 951. The predicted octanol–water partition coefficient (Wildman–Crippen LogP) is 5.44. The van der Waals surface area contributed by atoms with Gasteiger partial charge in [0.2, 0.25) is 5.91 Å². The van der Waals surface area contributed by atoms with Crippen molar-refractivity contribution >= 4 is 22.7 Å². The molecule has 0 fully saturated rings. The number of hydrogen-bond donors (Lipinski definition) is 0. The summed E-state index contributed by atoms with van der Waals surface area (Å²) in [6, 6.07) is 13.1. The number of halogens is 2. The average Bonchev–Trinajstić information content (AvgIpc) is 3.15. The van der Waals surface area contributed by atoms with Crippen LogP contribution < -0.4 is 0 Å². The molecule has 166 valence electrons. The third-order valence-corrected chi connectivity index (χ3v) is 6.99. The van der Waals surface area contributed by atoms with Crippen molar-refractivity contribution in [2.24, 2.45) is 11.0 Å². The maximum absolute atomic E-state index is 14.6. The van der Waals surface area contributed by atoms with E-state index in [-0.39, 0.29) is 17.4 Å². The minimum Gasteiger partial charge on any atom is -0.309 e. The fourth-order valence-electron chi connectivity index (χ4n) is 3.59. The van der Waals surface area contributed by atoms with Crippen LogP contribution >= 0.6 is 11.8 Å². The summed E-state index contributed by atoms with van der Waals surface area (Å²) in [5.41, 5.74) is 1.00. The van der Waals surface area contributed by atoms with E-state index in [9.17, 15) is 13.6 Å². The normalized spacial score (nSPS) is 19.6. The summed E-state index contributed by atoms with van der Waals surface area (Å²) in [6.07, 6.45) is 2.11. The molecule has 7 heteroatoms. The number of amides is 1. The molecule has 0 saturated carbocycles. The molecule has 2 aromatic carbocycles. The van der Waals surface area contributed by atoms with E-state index in [0.717, 1.165) is 36.7 Å². The molecule has 0 radical (unpaired) electrons. The van der Waals surface area contributed by atoms with Gasteiger partial charge < -0.3 is 4.90 Å². The zero-order chi connectivity index (χ0) is 22.6. The van der Waals surface area contributed by atoms with Crippen LogP contribution in [-0.2, 0) is 9.67 Å². The van der Waals surface area contributed by atoms with E-state index in [0.29, 0.717) is 17.9 Å². The van der Waals surface area contributed by atoms with E-state index in [2.05, 4.69) is 10.0 Å². The Morgan fingerprint density at radius 2 is 1.90 bits per heavy atom. The summed E-state index contributed by atoms with van der Waals surface area (Å²) in [6.45, 7) is 4.67. The van der Waals surface area contributed by atoms with Gasteiger partial charge in [0.05, 0.1) is 0 Å². The molecule has 3 rings (SSSR count). The van der Waals surface area contributed by atoms with Gasteiger partial charge in [0.25, 0.3) is 0 Å². The summed E-state index contributed by atoms with van der Waals surface area (Å²) in [4.78, 5) is 14.7. The first-order valence-electron chi connectivity index (χ1n) is 10.6. The summed E-state index contributed by atoms with van der Waals surface area (Å²) < 4.78 is 28.5. The highest BCUT2D eigenvalue weighted by Gasteiger charge is 2.49. The number of hydrogen-bond acceptors (Lipinski definition) is 4. The lowest BCUT2D eigenvalue weighted by Gasteiger charge is -2.37. The van der Waals surface area contributed by atoms with Gasteiger partial charge in [-0.2, -0.15) is 5.10 Å². The third-order valence-electron chi connectivity index (χ3n) is 5.55. The Balaban J connectivity index is 2.12. The highest BCUT2D eigenvalue weighted by atomic mass is 32.2. The van der Waals surface area contributed by atoms with Gasteiger partial charge in [0.15, 0.2) is 0 Å². The lowest BCUT2D eigenvalue weighted by atomic mass is 9.98. The van der Waals surface area contributed by atoms with Crippen LogP contribution in [0.4, 0.5) is 8.78 Å². The maximum Gasteiger partial charge on any atom is 0.247 e. The van der Waals surface area contributed by atoms with Gasteiger partial charge in [-0.3, -0.25) is 4.79 Å². The summed E-state index contributed by atoms with van der Waals surface area (Å²) in [5, 5.41) is 6.45. The average molecular weight is 446 g/mol. The van der Waals surface area contributed by atoms with Crippen molar-refractivity contribution < 1.29 is 13.6 Å². The molecule has 1 amide bonds. The molecule has 0 aliphatic carbocycles. The van der Waals surface area contributed by atoms with Crippen molar-refractivity contribution in [2.45, 2.75) is 38.0 Å². The number of hydrazone groups is 1. The van der Waals surface area contributed by atoms with Crippen LogP contribution in [-0.4, -0.2) is 41.5 Å². The minimum atomic E-state index is -0.814. The largest absolute Gasteiger partial charge is 0.309 e. The van der Waals surface area contributed by atoms with E-state index >= 15 is 0 Å². The van der Waals surface area contributed by atoms with E-state index in [1.807, 2.05) is 58.3 Å². The minimum absolute atomic E-state index is 0.0809. The number of nitrogens with zero attached hydrogens (tertiary/aromatic N) is 3. The number of rotatable bonds is 8. The standard InChI is InChI=1S/C24H29F2N3OS/c1-5-17(2)23(30)29-24(14-9-15-28(3)4,18-10-7-6-8-11-18)31-22(27-29)20-16-19(25)12-13-21(20)26/h6-8,10-13,16-17H,5,9,14-15H2,1-4H3/t17-,24+/m1/s1. The smallest absolute Gasteiger partial charge is 0.247 e. The molecular formula is C24H29F2N3OS. The third kappa shape index (κ3) is 4.99. The number of thioether (sulfide) groups is 1. The molecule has 0 saturated heterocycles. The summed E-state index contributed by atoms with van der Waals surface area (Å²) in [7, 11) is 4.01. The SMILES string of the molecule is CC[C@@H](C)C(=O)N1N=C(c2cc(F)ccc2F)S[C@@]1(CCCN(C)C)c1ccccc1. The Hall–Kier alpha value is -2.25. The van der Waals surface area contributed by atoms with Crippen LogP contribution in [0.25, 0.3) is 0 Å². The van der Waals surface area contributed by atoms with E-state index in [4.69, 9.17) is 0 Å². The Kier molecular flexibility index (Phi) is 7.49. The van der Waals surface area contributed by atoms with Gasteiger partial charge in [0, 0.05) is 11.5 Å². The molecule has 1 aliphatic rings. The van der Waals surface area contributed by atoms with Crippen molar-refractivity contribution in [1.82, 2.24) is 9.91 Å². The molecule has 1 aliphatic heterocycles. The van der Waals surface area contributed by atoms with Gasteiger partial charge >= 0.3 is 0 Å². The van der Waals surface area contributed by atoms with Crippen molar-refractivity contribution in [1.29, 1.82) is 0 Å². The van der Waals surface area contributed by atoms with Crippen LogP contribution in [0.15, 0.2) is 53.6 Å². The van der Waals surface area contributed by atoms with Crippen LogP contribution in [0, 0.1) is 17.6 Å². The highest BCUT2D eigenvalue weighted by molar-refractivity contribution is 8.15. The highest BCUT2D eigenvalue weighted by Crippen LogP contribution is 2.51. The Morgan fingerprint density at radius 1 is 1.19 bits per heavy atom. The first-order valence-corrected chi connectivity index (χ1v) is 11.4. The maximum atomic E-state index is 14.6. The van der Waals surface area contributed by atoms with Crippen LogP contribution in [0.5, 0.6) is 0 Å². The molecule has 0 N–H and O–H groups in total. The molecule has 0 spiro atoms. The Morgan fingerprint density at radius 3 is 2.55 bits per heavy atom. The summed E-state index contributed by atoms with van der Waals surface area (Å²) in [5.74, 6) is -1.45. The molecule has 0 unspecified atom stereocenters. The van der Waals surface area contributed by atoms with E-state index in [1.165, 1.54) is 16.8 Å². The second-order valence-electron chi connectivity index (χ2n) is 8.15. The van der Waals surface area contributed by atoms with E-state index in [1.54, 1.807) is 0 Å². The molecule has 2 aromatic rings. The number of carbonyl (C=O) groups excluding carboxylic acids is 1. The fraction of sp³-hybridized carbons (Fsp3) is 0.417. The van der Waals surface area contributed by atoms with Crippen molar-refractivity contribution in [3.63, 3.8) is 0 Å². The number of carbonyl (C=O) groups is 1. The monoisotopic (exact) mass is 445 g/mol. The van der Waals surface area contributed by atoms with Crippen molar-refractivity contribution in [3.05, 3.63) is 71.3 Å². The van der Waals surface area contributed by atoms with Crippen molar-refractivity contribution in [3.8, 4) is 0 Å². The van der Waals surface area contributed by atoms with Gasteiger partial charge in [-0.15, -0.1) is 0 Å². The molecule has 0 bridgehead atoms. The van der Waals surface area contributed by atoms with Gasteiger partial charge in [0.1, 0.15) is 21.5 Å². The van der Waals surface area contributed by atoms with E-state index < -0.39 is 16.5 Å². The molecule has 0 aromatic heterocycles. The van der Waals surface area contributed by atoms with Crippen LogP contribution in [0.3, 0.4) is 0 Å². The number of benzene rings is 2. The fourth-order valence-corrected chi connectivity index (χ4v) is 5.02. The predicted molar refractivity (Wildman–Crippen MR) is 123 cm³/mol. The van der Waals surface area contributed by atoms with Gasteiger partial charge in [-0.05, 0) is 63.7 Å². The lowest BCUT2D eigenvalue weighted by molar-refractivity contribution is -0.138. The molecule has 4 nitrogen and oxygen atoms in total. The first-order chi connectivity index (χ1) is 14.8. The quantitative estimate of drug-likeness (QED) is 0.543. The molecule has 31 heavy (non-hydrogen) atoms. The first kappa shape index (κ1) is 23.4. The van der Waals surface area contributed by atoms with Gasteiger partial charge in [-0.1, -0.05) is 55.9 Å². The van der Waals surface area contributed by atoms with Crippen LogP contribution in [0.2, 0.25) is 0 Å². The second kappa shape index (κ2) is 9.92. The Labute approximate surface area is 187 Å².